The van der Waals surface area contributed by atoms with Crippen LogP contribution >= 0.6 is 0 Å². The summed E-state index contributed by atoms with van der Waals surface area (Å²) in [6, 6.07) is 0. The molecule has 0 saturated carbocycles. The van der Waals surface area contributed by atoms with E-state index in [1.165, 1.54) is 0 Å². The van der Waals surface area contributed by atoms with Crippen LogP contribution in [0.3, 0.4) is 0 Å². The van der Waals surface area contributed by atoms with Crippen molar-refractivity contribution in [3.05, 3.63) is 0 Å². The van der Waals surface area contributed by atoms with Gasteiger partial charge in [-0.05, 0) is 19.9 Å². The molecule has 1 saturated heterocycles. The molecular formula is C9H16F3NO2. The van der Waals surface area contributed by atoms with Gasteiger partial charge < -0.3 is 14.8 Å². The fraction of sp³-hybridized carbons (Fsp3) is 1.00. The van der Waals surface area contributed by atoms with E-state index in [1.54, 1.807) is 0 Å². The Morgan fingerprint density at radius 2 is 2.00 bits per heavy atom. The third kappa shape index (κ3) is 5.34. The smallest absolute Gasteiger partial charge is 0.371 e. The van der Waals surface area contributed by atoms with Crippen LogP contribution in [0.2, 0.25) is 0 Å². The van der Waals surface area contributed by atoms with Gasteiger partial charge >= 0.3 is 6.18 Å². The van der Waals surface area contributed by atoms with Gasteiger partial charge in [0.05, 0.1) is 18.8 Å². The molecule has 1 fully saturated rings. The van der Waals surface area contributed by atoms with E-state index in [-0.39, 0.29) is 18.8 Å². The third-order valence-corrected chi connectivity index (χ3v) is 2.20. The lowest BCUT2D eigenvalue weighted by Gasteiger charge is -2.14. The van der Waals surface area contributed by atoms with E-state index in [0.717, 1.165) is 19.4 Å². The summed E-state index contributed by atoms with van der Waals surface area (Å²) < 4.78 is 45.3. The molecule has 0 amide bonds. The summed E-state index contributed by atoms with van der Waals surface area (Å²) in [4.78, 5) is 0. The molecule has 2 atom stereocenters. The van der Waals surface area contributed by atoms with Gasteiger partial charge in [0.25, 0.3) is 0 Å². The van der Waals surface area contributed by atoms with Crippen molar-refractivity contribution in [2.45, 2.75) is 31.2 Å². The first-order valence-corrected chi connectivity index (χ1v) is 4.96. The molecule has 0 bridgehead atoms. The summed E-state index contributed by atoms with van der Waals surface area (Å²) in [5.41, 5.74) is 0. The second-order valence-corrected chi connectivity index (χ2v) is 3.65. The predicted molar refractivity (Wildman–Crippen MR) is 48.7 cm³/mol. The Kier molecular flexibility index (Phi) is 4.82. The highest BCUT2D eigenvalue weighted by Gasteiger charge is 2.30. The lowest BCUT2D eigenvalue weighted by molar-refractivity contribution is -0.180. The van der Waals surface area contributed by atoms with Crippen LogP contribution in [0, 0.1) is 0 Å². The van der Waals surface area contributed by atoms with Gasteiger partial charge in [0.15, 0.2) is 0 Å². The molecule has 1 aliphatic heterocycles. The Hall–Kier alpha value is -0.330. The zero-order valence-corrected chi connectivity index (χ0v) is 8.64. The molecule has 6 heteroatoms. The van der Waals surface area contributed by atoms with Crippen LogP contribution in [0.4, 0.5) is 13.2 Å². The second-order valence-electron chi connectivity index (χ2n) is 3.65. The fourth-order valence-electron chi connectivity index (χ4n) is 1.59. The number of rotatable bonds is 5. The first kappa shape index (κ1) is 12.7. The zero-order valence-electron chi connectivity index (χ0n) is 8.64. The quantitative estimate of drug-likeness (QED) is 0.768. The van der Waals surface area contributed by atoms with Gasteiger partial charge in [-0.2, -0.15) is 13.2 Å². The number of halogens is 3. The first-order valence-electron chi connectivity index (χ1n) is 4.96. The van der Waals surface area contributed by atoms with E-state index in [0.29, 0.717) is 0 Å². The minimum absolute atomic E-state index is 0.0275. The number of hydrogen-bond acceptors (Lipinski definition) is 3. The Bertz CT molecular complexity index is 187. The predicted octanol–water partition coefficient (Wildman–Crippen LogP) is 1.33. The Balaban J connectivity index is 2.09. The molecule has 0 aromatic carbocycles. The maximum Gasteiger partial charge on any atom is 0.411 e. The second kappa shape index (κ2) is 5.67. The summed E-state index contributed by atoms with van der Waals surface area (Å²) in [7, 11) is 1.82. The number of ether oxygens (including phenoxy) is 2. The minimum atomic E-state index is -4.25. The van der Waals surface area contributed by atoms with Crippen molar-refractivity contribution in [2.75, 3.05) is 26.8 Å². The molecule has 1 heterocycles. The van der Waals surface area contributed by atoms with Crippen LogP contribution in [-0.4, -0.2) is 45.2 Å². The number of nitrogens with one attached hydrogen (secondary N) is 1. The van der Waals surface area contributed by atoms with Gasteiger partial charge in [-0.15, -0.1) is 0 Å². The third-order valence-electron chi connectivity index (χ3n) is 2.20. The highest BCUT2D eigenvalue weighted by molar-refractivity contribution is 4.74. The summed E-state index contributed by atoms with van der Waals surface area (Å²) >= 11 is 0. The van der Waals surface area contributed by atoms with Crippen LogP contribution in [-0.2, 0) is 9.47 Å². The fourth-order valence-corrected chi connectivity index (χ4v) is 1.59. The van der Waals surface area contributed by atoms with Crippen LogP contribution in [0.25, 0.3) is 0 Å². The average Bonchev–Trinajstić information content (AvgIpc) is 2.51. The van der Waals surface area contributed by atoms with Crippen molar-refractivity contribution < 1.29 is 22.6 Å². The number of likely N-dealkylation sites (N-methyl/N-ethyl adjacent to an activating group) is 1. The molecule has 90 valence electrons. The van der Waals surface area contributed by atoms with Crippen molar-refractivity contribution in [1.29, 1.82) is 0 Å². The molecule has 0 aliphatic carbocycles. The van der Waals surface area contributed by atoms with Gasteiger partial charge in [0.2, 0.25) is 0 Å². The van der Waals surface area contributed by atoms with Crippen molar-refractivity contribution >= 4 is 0 Å². The highest BCUT2D eigenvalue weighted by Crippen LogP contribution is 2.20. The lowest BCUT2D eigenvalue weighted by atomic mass is 10.2. The van der Waals surface area contributed by atoms with Crippen LogP contribution in [0.15, 0.2) is 0 Å². The molecule has 1 rings (SSSR count). The van der Waals surface area contributed by atoms with Crippen molar-refractivity contribution in [3.63, 3.8) is 0 Å². The topological polar surface area (TPSA) is 30.5 Å². The molecule has 1 N–H and O–H groups in total. The van der Waals surface area contributed by atoms with E-state index in [4.69, 9.17) is 4.74 Å². The Labute approximate surface area is 86.9 Å². The Morgan fingerprint density at radius 3 is 2.60 bits per heavy atom. The van der Waals surface area contributed by atoms with E-state index >= 15 is 0 Å². The normalized spacial score (nSPS) is 27.2. The summed E-state index contributed by atoms with van der Waals surface area (Å²) in [6.45, 7) is -0.431. The minimum Gasteiger partial charge on any atom is -0.371 e. The number of hydrogen-bond donors (Lipinski definition) is 1. The molecule has 0 aromatic heterocycles. The van der Waals surface area contributed by atoms with Crippen LogP contribution in [0.1, 0.15) is 12.8 Å². The van der Waals surface area contributed by atoms with E-state index in [2.05, 4.69) is 10.1 Å². The lowest BCUT2D eigenvalue weighted by Crippen LogP contribution is -2.26. The van der Waals surface area contributed by atoms with Gasteiger partial charge in [-0.1, -0.05) is 0 Å². The summed E-state index contributed by atoms with van der Waals surface area (Å²) in [6.07, 6.45) is -2.69. The van der Waals surface area contributed by atoms with Gasteiger partial charge in [-0.25, -0.2) is 0 Å². The maximum absolute atomic E-state index is 11.8. The molecule has 3 nitrogen and oxygen atoms in total. The van der Waals surface area contributed by atoms with Gasteiger partial charge in [-0.3, -0.25) is 0 Å². The van der Waals surface area contributed by atoms with Crippen molar-refractivity contribution in [3.8, 4) is 0 Å². The molecule has 15 heavy (non-hydrogen) atoms. The summed E-state index contributed by atoms with van der Waals surface area (Å²) in [5, 5.41) is 2.96. The monoisotopic (exact) mass is 227 g/mol. The van der Waals surface area contributed by atoms with Crippen LogP contribution in [0.5, 0.6) is 0 Å². The molecule has 0 spiro atoms. The van der Waals surface area contributed by atoms with Gasteiger partial charge in [0.1, 0.15) is 6.61 Å². The van der Waals surface area contributed by atoms with Crippen LogP contribution < -0.4 is 5.32 Å². The highest BCUT2D eigenvalue weighted by atomic mass is 19.4. The molecule has 0 aromatic rings. The van der Waals surface area contributed by atoms with Crippen molar-refractivity contribution in [1.82, 2.24) is 5.32 Å². The SMILES string of the molecule is CNCC1CCC(COCC(F)(F)F)O1. The van der Waals surface area contributed by atoms with Crippen molar-refractivity contribution in [2.24, 2.45) is 0 Å². The zero-order chi connectivity index (χ0) is 11.3. The molecular weight excluding hydrogens is 211 g/mol. The average molecular weight is 227 g/mol. The standard InChI is InChI=1S/C9H16F3NO2/c1-13-4-7-2-3-8(15-7)5-14-6-9(10,11)12/h7-8,13H,2-6H2,1H3. The number of alkyl halides is 3. The Morgan fingerprint density at radius 1 is 1.33 bits per heavy atom. The molecule has 2 unspecified atom stereocenters. The largest absolute Gasteiger partial charge is 0.411 e. The first-order chi connectivity index (χ1) is 7.01. The van der Waals surface area contributed by atoms with Gasteiger partial charge in [0, 0.05) is 6.54 Å². The molecule has 0 radical (unpaired) electrons. The molecule has 1 aliphatic rings. The van der Waals surface area contributed by atoms with E-state index < -0.39 is 12.8 Å². The maximum atomic E-state index is 11.8. The van der Waals surface area contributed by atoms with E-state index in [1.807, 2.05) is 7.05 Å². The van der Waals surface area contributed by atoms with E-state index in [9.17, 15) is 13.2 Å². The summed E-state index contributed by atoms with van der Waals surface area (Å²) in [5.74, 6) is 0.